The van der Waals surface area contributed by atoms with Gasteiger partial charge in [0.1, 0.15) is 0 Å². The molecule has 1 aliphatic rings. The first-order valence-corrected chi connectivity index (χ1v) is 4.83. The number of allylic oxidation sites excluding steroid dienone is 1. The third-order valence-corrected chi connectivity index (χ3v) is 2.45. The number of amides is 1. The molecule has 3 nitrogen and oxygen atoms in total. The molecule has 1 amide bonds. The predicted molar refractivity (Wildman–Crippen MR) is 51.3 cm³/mol. The number of nitrogens with zero attached hydrogens (tertiary/aromatic N) is 1. The van der Waals surface area contributed by atoms with Crippen molar-refractivity contribution in [2.24, 2.45) is 0 Å². The maximum atomic E-state index is 11.5. The molecule has 0 spiro atoms. The molecular weight excluding hydrogens is 166 g/mol. The van der Waals surface area contributed by atoms with Crippen LogP contribution in [0.5, 0.6) is 0 Å². The van der Waals surface area contributed by atoms with E-state index in [0.29, 0.717) is 12.6 Å². The first-order valence-electron chi connectivity index (χ1n) is 4.83. The highest BCUT2D eigenvalue weighted by molar-refractivity contribution is 5.87. The SMILES string of the molecule is C/C=C/C(=O)N(CCO)C1CCC1. The van der Waals surface area contributed by atoms with E-state index in [9.17, 15) is 4.79 Å². The number of rotatable bonds is 4. The second-order valence-electron chi connectivity index (χ2n) is 3.34. The lowest BCUT2D eigenvalue weighted by Crippen LogP contribution is -2.44. The van der Waals surface area contributed by atoms with Crippen molar-refractivity contribution in [3.05, 3.63) is 12.2 Å². The summed E-state index contributed by atoms with van der Waals surface area (Å²) in [5.41, 5.74) is 0. The van der Waals surface area contributed by atoms with Gasteiger partial charge in [-0.1, -0.05) is 6.08 Å². The summed E-state index contributed by atoms with van der Waals surface area (Å²) in [5, 5.41) is 8.80. The minimum absolute atomic E-state index is 0.0289. The molecule has 1 saturated carbocycles. The molecule has 1 aliphatic carbocycles. The van der Waals surface area contributed by atoms with E-state index in [1.165, 1.54) is 6.42 Å². The van der Waals surface area contributed by atoms with E-state index < -0.39 is 0 Å². The molecule has 0 aromatic carbocycles. The molecule has 13 heavy (non-hydrogen) atoms. The van der Waals surface area contributed by atoms with Gasteiger partial charge in [0.2, 0.25) is 5.91 Å². The van der Waals surface area contributed by atoms with E-state index in [1.54, 1.807) is 17.1 Å². The molecule has 1 fully saturated rings. The molecule has 0 saturated heterocycles. The third-order valence-electron chi connectivity index (χ3n) is 2.45. The van der Waals surface area contributed by atoms with E-state index in [2.05, 4.69) is 0 Å². The minimum Gasteiger partial charge on any atom is -0.395 e. The van der Waals surface area contributed by atoms with Gasteiger partial charge in [-0.2, -0.15) is 0 Å². The van der Waals surface area contributed by atoms with Crippen LogP contribution in [0.4, 0.5) is 0 Å². The smallest absolute Gasteiger partial charge is 0.246 e. The van der Waals surface area contributed by atoms with Crippen LogP contribution in [-0.4, -0.2) is 35.1 Å². The summed E-state index contributed by atoms with van der Waals surface area (Å²) in [6.45, 7) is 2.35. The Morgan fingerprint density at radius 2 is 2.31 bits per heavy atom. The van der Waals surface area contributed by atoms with Crippen molar-refractivity contribution in [3.8, 4) is 0 Å². The van der Waals surface area contributed by atoms with Crippen LogP contribution in [0.2, 0.25) is 0 Å². The van der Waals surface area contributed by atoms with Gasteiger partial charge in [-0.05, 0) is 32.3 Å². The fourth-order valence-corrected chi connectivity index (χ4v) is 1.52. The van der Waals surface area contributed by atoms with Gasteiger partial charge in [0, 0.05) is 12.6 Å². The lowest BCUT2D eigenvalue weighted by Gasteiger charge is -2.36. The van der Waals surface area contributed by atoms with Gasteiger partial charge in [0.05, 0.1) is 6.61 Å². The summed E-state index contributed by atoms with van der Waals surface area (Å²) in [6, 6.07) is 0.371. The number of aliphatic hydroxyl groups is 1. The van der Waals surface area contributed by atoms with E-state index in [4.69, 9.17) is 5.11 Å². The van der Waals surface area contributed by atoms with Crippen LogP contribution in [0.15, 0.2) is 12.2 Å². The van der Waals surface area contributed by atoms with Crippen molar-refractivity contribution in [3.63, 3.8) is 0 Å². The number of hydrogen-bond acceptors (Lipinski definition) is 2. The molecule has 0 aliphatic heterocycles. The molecule has 0 heterocycles. The Labute approximate surface area is 79.0 Å². The van der Waals surface area contributed by atoms with Crippen molar-refractivity contribution in [2.45, 2.75) is 32.2 Å². The molecule has 0 bridgehead atoms. The largest absolute Gasteiger partial charge is 0.395 e. The average Bonchev–Trinajstić information content (AvgIpc) is 2.01. The fraction of sp³-hybridized carbons (Fsp3) is 0.700. The van der Waals surface area contributed by atoms with E-state index in [0.717, 1.165) is 12.8 Å². The van der Waals surface area contributed by atoms with Gasteiger partial charge in [-0.15, -0.1) is 0 Å². The van der Waals surface area contributed by atoms with Crippen molar-refractivity contribution >= 4 is 5.91 Å². The van der Waals surface area contributed by atoms with Crippen molar-refractivity contribution in [1.82, 2.24) is 4.90 Å². The standard InChI is InChI=1S/C10H17NO2/c1-2-4-10(13)11(7-8-12)9-5-3-6-9/h2,4,9,12H,3,5-8H2,1H3/b4-2+. The number of aliphatic hydroxyl groups excluding tert-OH is 1. The first kappa shape index (κ1) is 10.3. The van der Waals surface area contributed by atoms with E-state index in [1.807, 2.05) is 6.92 Å². The van der Waals surface area contributed by atoms with Crippen molar-refractivity contribution in [1.29, 1.82) is 0 Å². The quantitative estimate of drug-likeness (QED) is 0.659. The molecule has 74 valence electrons. The number of hydrogen-bond donors (Lipinski definition) is 1. The summed E-state index contributed by atoms with van der Waals surface area (Å²) in [7, 11) is 0. The first-order chi connectivity index (χ1) is 6.29. The summed E-state index contributed by atoms with van der Waals surface area (Å²) in [5.74, 6) is 0.0289. The molecular formula is C10H17NO2. The van der Waals surface area contributed by atoms with Crippen LogP contribution in [-0.2, 0) is 4.79 Å². The van der Waals surface area contributed by atoms with Crippen LogP contribution in [0.1, 0.15) is 26.2 Å². The molecule has 0 radical (unpaired) electrons. The Morgan fingerprint density at radius 3 is 2.69 bits per heavy atom. The van der Waals surface area contributed by atoms with Crippen LogP contribution < -0.4 is 0 Å². The molecule has 1 rings (SSSR count). The number of carbonyl (C=O) groups is 1. The molecule has 0 atom stereocenters. The Morgan fingerprint density at radius 1 is 1.62 bits per heavy atom. The van der Waals surface area contributed by atoms with Gasteiger partial charge < -0.3 is 10.0 Å². The van der Waals surface area contributed by atoms with E-state index >= 15 is 0 Å². The molecule has 0 aromatic heterocycles. The Bertz CT molecular complexity index is 197. The Kier molecular flexibility index (Phi) is 3.96. The summed E-state index contributed by atoms with van der Waals surface area (Å²) >= 11 is 0. The summed E-state index contributed by atoms with van der Waals surface area (Å²) in [6.07, 6.45) is 6.68. The van der Waals surface area contributed by atoms with Gasteiger partial charge in [-0.3, -0.25) is 4.79 Å². The molecule has 1 N–H and O–H groups in total. The highest BCUT2D eigenvalue weighted by atomic mass is 16.3. The third kappa shape index (κ3) is 2.56. The zero-order valence-electron chi connectivity index (χ0n) is 8.07. The Hall–Kier alpha value is -0.830. The van der Waals surface area contributed by atoms with Crippen LogP contribution in [0.25, 0.3) is 0 Å². The average molecular weight is 183 g/mol. The Balaban J connectivity index is 2.49. The predicted octanol–water partition coefficient (Wildman–Crippen LogP) is 0.936. The lowest BCUT2D eigenvalue weighted by molar-refractivity contribution is -0.130. The summed E-state index contributed by atoms with van der Waals surface area (Å²) in [4.78, 5) is 13.3. The fourth-order valence-electron chi connectivity index (χ4n) is 1.52. The number of carbonyl (C=O) groups excluding carboxylic acids is 1. The van der Waals surface area contributed by atoms with E-state index in [-0.39, 0.29) is 12.5 Å². The van der Waals surface area contributed by atoms with Crippen LogP contribution >= 0.6 is 0 Å². The van der Waals surface area contributed by atoms with Gasteiger partial charge >= 0.3 is 0 Å². The topological polar surface area (TPSA) is 40.5 Å². The molecule has 0 unspecified atom stereocenters. The van der Waals surface area contributed by atoms with Crippen LogP contribution in [0, 0.1) is 0 Å². The van der Waals surface area contributed by atoms with Gasteiger partial charge in [0.15, 0.2) is 0 Å². The monoisotopic (exact) mass is 183 g/mol. The summed E-state index contributed by atoms with van der Waals surface area (Å²) < 4.78 is 0. The lowest BCUT2D eigenvalue weighted by atomic mass is 9.91. The second kappa shape index (κ2) is 5.02. The highest BCUT2D eigenvalue weighted by Crippen LogP contribution is 2.24. The maximum Gasteiger partial charge on any atom is 0.246 e. The minimum atomic E-state index is 0.0289. The van der Waals surface area contributed by atoms with Crippen LogP contribution in [0.3, 0.4) is 0 Å². The van der Waals surface area contributed by atoms with Gasteiger partial charge in [-0.25, -0.2) is 0 Å². The highest BCUT2D eigenvalue weighted by Gasteiger charge is 2.26. The normalized spacial score (nSPS) is 17.4. The zero-order valence-corrected chi connectivity index (χ0v) is 8.07. The second-order valence-corrected chi connectivity index (χ2v) is 3.34. The van der Waals surface area contributed by atoms with Crippen molar-refractivity contribution in [2.75, 3.05) is 13.2 Å². The molecule has 0 aromatic rings. The zero-order chi connectivity index (χ0) is 9.68. The van der Waals surface area contributed by atoms with Gasteiger partial charge in [0.25, 0.3) is 0 Å². The van der Waals surface area contributed by atoms with Crippen molar-refractivity contribution < 1.29 is 9.90 Å². The molecule has 3 heteroatoms. The maximum absolute atomic E-state index is 11.5.